The molecule has 0 unspecified atom stereocenters. The van der Waals surface area contributed by atoms with Crippen LogP contribution in [0.2, 0.25) is 15.1 Å². The molecule has 0 aliphatic carbocycles. The maximum absolute atomic E-state index is 13.1. The quantitative estimate of drug-likeness (QED) is 0.537. The van der Waals surface area contributed by atoms with Crippen LogP contribution < -0.4 is 5.32 Å². The molecule has 27 heavy (non-hydrogen) atoms. The van der Waals surface area contributed by atoms with Gasteiger partial charge in [-0.15, -0.1) is 0 Å². The van der Waals surface area contributed by atoms with Crippen LogP contribution in [0.15, 0.2) is 30.5 Å². The van der Waals surface area contributed by atoms with Crippen molar-refractivity contribution in [2.45, 2.75) is 19.5 Å². The molecule has 1 aromatic carbocycles. The molecule has 3 aromatic rings. The van der Waals surface area contributed by atoms with E-state index in [0.29, 0.717) is 17.1 Å². The molecule has 1 N–H and O–H groups in total. The second kappa shape index (κ2) is 7.22. The van der Waals surface area contributed by atoms with Gasteiger partial charge in [0.2, 0.25) is 0 Å². The highest BCUT2D eigenvalue weighted by molar-refractivity contribution is 6.37. The van der Waals surface area contributed by atoms with Crippen LogP contribution in [0.5, 0.6) is 0 Å². The molecule has 0 saturated carbocycles. The van der Waals surface area contributed by atoms with Gasteiger partial charge in [-0.1, -0.05) is 41.7 Å². The van der Waals surface area contributed by atoms with Crippen molar-refractivity contribution in [3.05, 3.63) is 62.5 Å². The zero-order valence-corrected chi connectivity index (χ0v) is 15.9. The molecule has 0 fully saturated rings. The predicted molar refractivity (Wildman–Crippen MR) is 99.0 cm³/mol. The van der Waals surface area contributed by atoms with E-state index in [9.17, 15) is 18.0 Å². The Morgan fingerprint density at radius 3 is 2.48 bits per heavy atom. The minimum absolute atomic E-state index is 0.0495. The monoisotopic (exact) mass is 435 g/mol. The molecule has 0 atom stereocenters. The largest absolute Gasteiger partial charge is 0.417 e. The number of nitrogens with zero attached hydrogens (tertiary/aromatic N) is 2. The van der Waals surface area contributed by atoms with Crippen molar-refractivity contribution in [3.8, 4) is 0 Å². The smallest absolute Gasteiger partial charge is 0.319 e. The third-order valence-corrected chi connectivity index (χ3v) is 4.63. The number of carbonyl (C=O) groups is 1. The fourth-order valence-corrected chi connectivity index (χ4v) is 3.27. The molecule has 0 bridgehead atoms. The van der Waals surface area contributed by atoms with Crippen molar-refractivity contribution in [1.82, 2.24) is 9.38 Å². The molecule has 0 spiro atoms. The molecule has 0 aliphatic rings. The number of imidazole rings is 1. The number of aryl methyl sites for hydroxylation is 1. The summed E-state index contributed by atoms with van der Waals surface area (Å²) in [5.74, 6) is -0.668. The van der Waals surface area contributed by atoms with E-state index in [1.165, 1.54) is 18.2 Å². The number of carbonyl (C=O) groups excluding carboxylic acids is 1. The average molecular weight is 437 g/mol. The molecule has 1 amide bonds. The molecule has 10 heteroatoms. The van der Waals surface area contributed by atoms with Gasteiger partial charge in [0, 0.05) is 11.2 Å². The molecule has 142 valence electrons. The normalized spacial score (nSPS) is 11.8. The van der Waals surface area contributed by atoms with Gasteiger partial charge in [0.25, 0.3) is 5.91 Å². The molecule has 0 aliphatic heterocycles. The molecule has 2 aromatic heterocycles. The van der Waals surface area contributed by atoms with E-state index >= 15 is 0 Å². The lowest BCUT2D eigenvalue weighted by Crippen LogP contribution is -2.17. The second-order valence-electron chi connectivity index (χ2n) is 5.61. The van der Waals surface area contributed by atoms with Gasteiger partial charge in [0.15, 0.2) is 5.65 Å². The van der Waals surface area contributed by atoms with E-state index < -0.39 is 17.6 Å². The van der Waals surface area contributed by atoms with Crippen LogP contribution in [-0.4, -0.2) is 15.3 Å². The minimum Gasteiger partial charge on any atom is -0.319 e. The Kier molecular flexibility index (Phi) is 5.29. The zero-order chi connectivity index (χ0) is 19.9. The SMILES string of the molecule is CCc1nc2c(Cl)cc(C(F)(F)F)cn2c1C(=O)Nc1ccc(Cl)cc1Cl. The number of nitrogens with one attached hydrogen (secondary N) is 1. The minimum atomic E-state index is -4.62. The van der Waals surface area contributed by atoms with Crippen molar-refractivity contribution < 1.29 is 18.0 Å². The Labute approximate surface area is 166 Å². The van der Waals surface area contributed by atoms with Crippen molar-refractivity contribution in [1.29, 1.82) is 0 Å². The molecule has 0 saturated heterocycles. The lowest BCUT2D eigenvalue weighted by atomic mass is 10.2. The van der Waals surface area contributed by atoms with E-state index in [-0.39, 0.29) is 27.1 Å². The summed E-state index contributed by atoms with van der Waals surface area (Å²) in [4.78, 5) is 17.0. The first-order valence-electron chi connectivity index (χ1n) is 7.66. The summed E-state index contributed by atoms with van der Waals surface area (Å²) < 4.78 is 40.4. The molecular formula is C17H11Cl3F3N3O. The molecule has 4 nitrogen and oxygen atoms in total. The van der Waals surface area contributed by atoms with Crippen LogP contribution in [0, 0.1) is 0 Å². The maximum Gasteiger partial charge on any atom is 0.417 e. The highest BCUT2D eigenvalue weighted by Crippen LogP contribution is 2.33. The number of benzene rings is 1. The number of alkyl halides is 3. The van der Waals surface area contributed by atoms with Crippen LogP contribution in [0.25, 0.3) is 5.65 Å². The lowest BCUT2D eigenvalue weighted by Gasteiger charge is -2.11. The third-order valence-electron chi connectivity index (χ3n) is 3.80. The predicted octanol–water partition coefficient (Wildman–Crippen LogP) is 6.13. The summed E-state index contributed by atoms with van der Waals surface area (Å²) >= 11 is 17.8. The van der Waals surface area contributed by atoms with Gasteiger partial charge in [-0.2, -0.15) is 13.2 Å². The fourth-order valence-electron chi connectivity index (χ4n) is 2.57. The van der Waals surface area contributed by atoms with Crippen LogP contribution >= 0.6 is 34.8 Å². The number of fused-ring (bicyclic) bond motifs is 1. The van der Waals surface area contributed by atoms with Gasteiger partial charge in [0.05, 0.1) is 27.0 Å². The van der Waals surface area contributed by atoms with E-state index in [2.05, 4.69) is 10.3 Å². The van der Waals surface area contributed by atoms with Gasteiger partial charge >= 0.3 is 6.18 Å². The Hall–Kier alpha value is -1.96. The van der Waals surface area contributed by atoms with E-state index in [0.717, 1.165) is 16.7 Å². The number of anilines is 1. The molecule has 2 heterocycles. The number of aromatic nitrogens is 2. The summed E-state index contributed by atoms with van der Waals surface area (Å²) in [6, 6.07) is 5.23. The Morgan fingerprint density at radius 2 is 1.89 bits per heavy atom. The molecule has 3 rings (SSSR count). The van der Waals surface area contributed by atoms with E-state index in [1.807, 2.05) is 0 Å². The summed E-state index contributed by atoms with van der Waals surface area (Å²) in [6.07, 6.45) is -3.51. The van der Waals surface area contributed by atoms with E-state index in [1.54, 1.807) is 6.92 Å². The van der Waals surface area contributed by atoms with Gasteiger partial charge in [-0.05, 0) is 30.7 Å². The van der Waals surface area contributed by atoms with Gasteiger partial charge in [0.1, 0.15) is 5.69 Å². The Bertz CT molecular complexity index is 1050. The number of halogens is 6. The second-order valence-corrected chi connectivity index (χ2v) is 6.86. The van der Waals surface area contributed by atoms with Gasteiger partial charge in [-0.25, -0.2) is 4.98 Å². The van der Waals surface area contributed by atoms with Crippen molar-refractivity contribution >= 4 is 52.0 Å². The highest BCUT2D eigenvalue weighted by atomic mass is 35.5. The lowest BCUT2D eigenvalue weighted by molar-refractivity contribution is -0.137. The first-order chi connectivity index (χ1) is 12.6. The summed E-state index contributed by atoms with van der Waals surface area (Å²) in [5.41, 5.74) is -0.404. The van der Waals surface area contributed by atoms with Crippen LogP contribution in [0.1, 0.15) is 28.7 Å². The molecular weight excluding hydrogens is 426 g/mol. The topological polar surface area (TPSA) is 46.4 Å². The van der Waals surface area contributed by atoms with Crippen LogP contribution in [-0.2, 0) is 12.6 Å². The number of hydrogen-bond acceptors (Lipinski definition) is 2. The van der Waals surface area contributed by atoms with Gasteiger partial charge in [-0.3, -0.25) is 9.20 Å². The summed E-state index contributed by atoms with van der Waals surface area (Å²) in [7, 11) is 0. The third kappa shape index (κ3) is 3.85. The first-order valence-corrected chi connectivity index (χ1v) is 8.79. The van der Waals surface area contributed by atoms with Crippen molar-refractivity contribution in [2.75, 3.05) is 5.32 Å². The number of pyridine rings is 1. The molecule has 0 radical (unpaired) electrons. The average Bonchev–Trinajstić information content (AvgIpc) is 2.96. The van der Waals surface area contributed by atoms with Crippen LogP contribution in [0.4, 0.5) is 18.9 Å². The van der Waals surface area contributed by atoms with Crippen LogP contribution in [0.3, 0.4) is 0 Å². The Morgan fingerprint density at radius 1 is 1.19 bits per heavy atom. The fraction of sp³-hybridized carbons (Fsp3) is 0.176. The number of hydrogen-bond donors (Lipinski definition) is 1. The highest BCUT2D eigenvalue weighted by Gasteiger charge is 2.33. The van der Waals surface area contributed by atoms with Gasteiger partial charge < -0.3 is 5.32 Å². The standard InChI is InChI=1S/C17H11Cl3F3N3O/c1-2-12-14(16(27)25-13-4-3-9(18)6-10(13)19)26-7-8(17(21,22)23)5-11(20)15(26)24-12/h3-7H,2H2,1H3,(H,25,27). The number of amides is 1. The van der Waals surface area contributed by atoms with E-state index in [4.69, 9.17) is 34.8 Å². The maximum atomic E-state index is 13.1. The first kappa shape index (κ1) is 19.8. The zero-order valence-electron chi connectivity index (χ0n) is 13.7. The van der Waals surface area contributed by atoms with Crippen molar-refractivity contribution in [2.24, 2.45) is 0 Å². The Balaban J connectivity index is 2.14. The summed E-state index contributed by atoms with van der Waals surface area (Å²) in [5, 5.41) is 2.93. The summed E-state index contributed by atoms with van der Waals surface area (Å²) in [6.45, 7) is 1.73. The van der Waals surface area contributed by atoms with Crippen molar-refractivity contribution in [3.63, 3.8) is 0 Å². The number of rotatable bonds is 3.